The van der Waals surface area contributed by atoms with E-state index in [0.717, 1.165) is 4.47 Å². The number of para-hydroxylation sites is 1. The molecule has 1 aliphatic rings. The van der Waals surface area contributed by atoms with Crippen LogP contribution >= 0.6 is 15.9 Å². The van der Waals surface area contributed by atoms with Gasteiger partial charge in [0, 0.05) is 17.1 Å². The number of fused-ring (bicyclic) bond motifs is 1. The lowest BCUT2D eigenvalue weighted by Crippen LogP contribution is -2.41. The number of hydrogen-bond acceptors (Lipinski definition) is 4. The first-order valence-electron chi connectivity index (χ1n) is 7.65. The molecule has 0 unspecified atom stereocenters. The van der Waals surface area contributed by atoms with Gasteiger partial charge in [-0.2, -0.15) is 0 Å². The van der Waals surface area contributed by atoms with Gasteiger partial charge in [-0.1, -0.05) is 12.1 Å². The van der Waals surface area contributed by atoms with E-state index in [1.165, 1.54) is 0 Å². The number of amides is 3. The second-order valence-corrected chi connectivity index (χ2v) is 6.43. The Morgan fingerprint density at radius 1 is 1.20 bits per heavy atom. The molecule has 0 saturated carbocycles. The van der Waals surface area contributed by atoms with Gasteiger partial charge < -0.3 is 16.0 Å². The zero-order valence-electron chi connectivity index (χ0n) is 13.1. The maximum Gasteiger partial charge on any atom is 0.254 e. The zero-order chi connectivity index (χ0) is 17.8. The van der Waals surface area contributed by atoms with Crippen molar-refractivity contribution in [2.45, 2.75) is 18.9 Å². The highest BCUT2D eigenvalue weighted by molar-refractivity contribution is 9.10. The molecule has 0 spiro atoms. The molecule has 25 heavy (non-hydrogen) atoms. The minimum atomic E-state index is -0.775. The average Bonchev–Trinajstić information content (AvgIpc) is 2.72. The maximum atomic E-state index is 12.3. The highest BCUT2D eigenvalue weighted by Gasteiger charge is 2.27. The highest BCUT2D eigenvalue weighted by atomic mass is 79.9. The van der Waals surface area contributed by atoms with E-state index in [1.54, 1.807) is 42.6 Å². The van der Waals surface area contributed by atoms with E-state index in [-0.39, 0.29) is 30.6 Å². The summed E-state index contributed by atoms with van der Waals surface area (Å²) in [7, 11) is 0. The van der Waals surface area contributed by atoms with Gasteiger partial charge in [0.15, 0.2) is 0 Å². The Kier molecular flexibility index (Phi) is 5.08. The monoisotopic (exact) mass is 402 g/mol. The quantitative estimate of drug-likeness (QED) is 0.730. The van der Waals surface area contributed by atoms with E-state index in [1.807, 2.05) is 0 Å². The molecule has 2 heterocycles. The normalized spacial score (nSPS) is 16.3. The summed E-state index contributed by atoms with van der Waals surface area (Å²) in [5.41, 5.74) is 0.873. The molecule has 0 fully saturated rings. The first kappa shape index (κ1) is 17.1. The van der Waals surface area contributed by atoms with Gasteiger partial charge in [0.25, 0.3) is 5.91 Å². The molecule has 7 nitrogen and oxygen atoms in total. The van der Waals surface area contributed by atoms with Gasteiger partial charge in [-0.15, -0.1) is 0 Å². The number of anilines is 2. The highest BCUT2D eigenvalue weighted by Crippen LogP contribution is 2.19. The van der Waals surface area contributed by atoms with Gasteiger partial charge in [-0.05, 0) is 46.6 Å². The number of halogens is 1. The molecule has 128 valence electrons. The van der Waals surface area contributed by atoms with Gasteiger partial charge in [0.05, 0.1) is 11.3 Å². The second kappa shape index (κ2) is 7.43. The van der Waals surface area contributed by atoms with Gasteiger partial charge in [-0.3, -0.25) is 14.4 Å². The number of benzene rings is 1. The number of carbonyl (C=O) groups is 3. The van der Waals surface area contributed by atoms with Crippen LogP contribution in [0.5, 0.6) is 0 Å². The first-order valence-corrected chi connectivity index (χ1v) is 8.44. The maximum absolute atomic E-state index is 12.3. The number of hydrogen-bond donors (Lipinski definition) is 3. The predicted octanol–water partition coefficient (Wildman–Crippen LogP) is 2.31. The Morgan fingerprint density at radius 2 is 2.00 bits per heavy atom. The minimum Gasteiger partial charge on any atom is -0.340 e. The SMILES string of the molecule is O=C(CC[C@@H]1NC(=O)c2ccccc2NC1=O)Nc1ccc(Br)cn1. The van der Waals surface area contributed by atoms with Crippen molar-refractivity contribution in [1.82, 2.24) is 10.3 Å². The fourth-order valence-electron chi connectivity index (χ4n) is 2.45. The molecular formula is C17H15BrN4O3. The molecule has 0 saturated heterocycles. The molecule has 1 atom stereocenters. The molecule has 0 aliphatic carbocycles. The molecule has 8 heteroatoms. The average molecular weight is 403 g/mol. The summed E-state index contributed by atoms with van der Waals surface area (Å²) in [6.07, 6.45) is 1.84. The molecule has 0 bridgehead atoms. The van der Waals surface area contributed by atoms with Crippen LogP contribution in [0.2, 0.25) is 0 Å². The lowest BCUT2D eigenvalue weighted by atomic mass is 10.1. The number of nitrogens with zero attached hydrogens (tertiary/aromatic N) is 1. The second-order valence-electron chi connectivity index (χ2n) is 5.51. The van der Waals surface area contributed by atoms with Crippen LogP contribution in [0.1, 0.15) is 23.2 Å². The van der Waals surface area contributed by atoms with E-state index >= 15 is 0 Å². The lowest BCUT2D eigenvalue weighted by molar-refractivity contribution is -0.118. The number of nitrogens with one attached hydrogen (secondary N) is 3. The van der Waals surface area contributed by atoms with E-state index in [0.29, 0.717) is 17.1 Å². The van der Waals surface area contributed by atoms with Crippen LogP contribution in [0.4, 0.5) is 11.5 Å². The Balaban J connectivity index is 1.59. The standard InChI is InChI=1S/C17H15BrN4O3/c18-10-5-7-14(19-9-10)22-15(23)8-6-13-17(25)20-12-4-2-1-3-11(12)16(24)21-13/h1-5,7,9,13H,6,8H2,(H,20,25)(H,21,24)(H,19,22,23)/t13-/m0/s1. The molecule has 1 aromatic heterocycles. The Morgan fingerprint density at radius 3 is 2.76 bits per heavy atom. The lowest BCUT2D eigenvalue weighted by Gasteiger charge is -2.14. The largest absolute Gasteiger partial charge is 0.340 e. The van der Waals surface area contributed by atoms with Crippen molar-refractivity contribution in [2.75, 3.05) is 10.6 Å². The van der Waals surface area contributed by atoms with Crippen molar-refractivity contribution in [3.8, 4) is 0 Å². The molecule has 1 aliphatic heterocycles. The summed E-state index contributed by atoms with van der Waals surface area (Å²) < 4.78 is 0.808. The summed E-state index contributed by atoms with van der Waals surface area (Å²) in [4.78, 5) is 40.5. The molecule has 3 rings (SSSR count). The Bertz CT molecular complexity index is 823. The van der Waals surface area contributed by atoms with Gasteiger partial charge >= 0.3 is 0 Å². The van der Waals surface area contributed by atoms with Crippen LogP contribution in [-0.2, 0) is 9.59 Å². The van der Waals surface area contributed by atoms with Crippen molar-refractivity contribution >= 4 is 45.2 Å². The third-order valence-corrected chi connectivity index (χ3v) is 4.18. The number of aromatic nitrogens is 1. The molecule has 2 aromatic rings. The molecule has 3 N–H and O–H groups in total. The van der Waals surface area contributed by atoms with E-state index in [4.69, 9.17) is 0 Å². The van der Waals surface area contributed by atoms with Crippen LogP contribution in [-0.4, -0.2) is 28.7 Å². The van der Waals surface area contributed by atoms with Gasteiger partial charge in [-0.25, -0.2) is 4.98 Å². The third-order valence-electron chi connectivity index (χ3n) is 3.71. The molecule has 3 amide bonds. The summed E-state index contributed by atoms with van der Waals surface area (Å²) in [6.45, 7) is 0. The number of rotatable bonds is 4. The fourth-order valence-corrected chi connectivity index (χ4v) is 2.68. The van der Waals surface area contributed by atoms with Crippen LogP contribution in [0.25, 0.3) is 0 Å². The van der Waals surface area contributed by atoms with Crippen molar-refractivity contribution in [1.29, 1.82) is 0 Å². The summed E-state index contributed by atoms with van der Waals surface area (Å²) in [5.74, 6) is -0.532. The van der Waals surface area contributed by atoms with Gasteiger partial charge in [0.1, 0.15) is 11.9 Å². The smallest absolute Gasteiger partial charge is 0.254 e. The molecule has 1 aromatic carbocycles. The Hall–Kier alpha value is -2.74. The number of carbonyl (C=O) groups excluding carboxylic acids is 3. The van der Waals surface area contributed by atoms with E-state index in [2.05, 4.69) is 36.9 Å². The Labute approximate surface area is 152 Å². The summed E-state index contributed by atoms with van der Waals surface area (Å²) >= 11 is 3.27. The van der Waals surface area contributed by atoms with E-state index in [9.17, 15) is 14.4 Å². The summed E-state index contributed by atoms with van der Waals surface area (Å²) in [5, 5.41) is 8.02. The third kappa shape index (κ3) is 4.21. The van der Waals surface area contributed by atoms with Gasteiger partial charge in [0.2, 0.25) is 11.8 Å². The number of pyridine rings is 1. The topological polar surface area (TPSA) is 100 Å². The summed E-state index contributed by atoms with van der Waals surface area (Å²) in [6, 6.07) is 9.43. The fraction of sp³-hybridized carbons (Fsp3) is 0.176. The van der Waals surface area contributed by atoms with Crippen molar-refractivity contribution < 1.29 is 14.4 Å². The van der Waals surface area contributed by atoms with Crippen molar-refractivity contribution in [2.24, 2.45) is 0 Å². The predicted molar refractivity (Wildman–Crippen MR) is 96.1 cm³/mol. The van der Waals surface area contributed by atoms with Crippen molar-refractivity contribution in [3.63, 3.8) is 0 Å². The van der Waals surface area contributed by atoms with E-state index < -0.39 is 6.04 Å². The molecular weight excluding hydrogens is 388 g/mol. The van der Waals surface area contributed by atoms with Crippen LogP contribution in [0.15, 0.2) is 47.1 Å². The molecule has 0 radical (unpaired) electrons. The van der Waals surface area contributed by atoms with Crippen LogP contribution < -0.4 is 16.0 Å². The van der Waals surface area contributed by atoms with Crippen molar-refractivity contribution in [3.05, 3.63) is 52.6 Å². The van der Waals surface area contributed by atoms with Crippen LogP contribution in [0, 0.1) is 0 Å². The minimum absolute atomic E-state index is 0.0758. The first-order chi connectivity index (χ1) is 12.0. The van der Waals surface area contributed by atoms with Crippen LogP contribution in [0.3, 0.4) is 0 Å². The zero-order valence-corrected chi connectivity index (χ0v) is 14.7.